The predicted octanol–water partition coefficient (Wildman–Crippen LogP) is 3.21. The monoisotopic (exact) mass is 399 g/mol. The molecule has 0 saturated carbocycles. The van der Waals surface area contributed by atoms with E-state index < -0.39 is 22.5 Å². The number of benzene rings is 2. The summed E-state index contributed by atoms with van der Waals surface area (Å²) >= 11 is 0. The summed E-state index contributed by atoms with van der Waals surface area (Å²) in [4.78, 5) is 45.7. The van der Waals surface area contributed by atoms with Crippen LogP contribution in [-0.2, 0) is 11.3 Å². The molecule has 9 heteroatoms. The average molecular weight is 399 g/mol. The SMILES string of the molecule is CCC(C)C(=O)Nc1cccc(CNC(=O)c2cc(C(=O)O)cc([N+](=O)[O-])c2)c1. The van der Waals surface area contributed by atoms with Gasteiger partial charge >= 0.3 is 5.97 Å². The van der Waals surface area contributed by atoms with Gasteiger partial charge in [0.15, 0.2) is 0 Å². The van der Waals surface area contributed by atoms with Crippen LogP contribution in [0.3, 0.4) is 0 Å². The molecule has 29 heavy (non-hydrogen) atoms. The highest BCUT2D eigenvalue weighted by Gasteiger charge is 2.17. The second-order valence-electron chi connectivity index (χ2n) is 6.51. The van der Waals surface area contributed by atoms with Crippen LogP contribution in [0.15, 0.2) is 42.5 Å². The maximum absolute atomic E-state index is 12.4. The zero-order valence-corrected chi connectivity index (χ0v) is 16.0. The van der Waals surface area contributed by atoms with E-state index in [1.807, 2.05) is 13.8 Å². The van der Waals surface area contributed by atoms with E-state index in [-0.39, 0.29) is 29.5 Å². The molecule has 0 aliphatic heterocycles. The number of aromatic carboxylic acids is 1. The third-order valence-corrected chi connectivity index (χ3v) is 4.35. The number of amides is 2. The molecule has 0 aromatic heterocycles. The molecule has 3 N–H and O–H groups in total. The van der Waals surface area contributed by atoms with Crippen molar-refractivity contribution in [1.29, 1.82) is 0 Å². The molecule has 0 spiro atoms. The standard InChI is InChI=1S/C20H21N3O6/c1-3-12(2)18(24)22-16-6-4-5-13(7-16)11-21-19(25)14-8-15(20(26)27)10-17(9-14)23(28)29/h4-10,12H,3,11H2,1-2H3,(H,21,25)(H,22,24)(H,26,27). The topological polar surface area (TPSA) is 139 Å². The predicted molar refractivity (Wildman–Crippen MR) is 106 cm³/mol. The molecular weight excluding hydrogens is 378 g/mol. The summed E-state index contributed by atoms with van der Waals surface area (Å²) in [6, 6.07) is 9.89. The van der Waals surface area contributed by atoms with E-state index in [4.69, 9.17) is 5.11 Å². The summed E-state index contributed by atoms with van der Waals surface area (Å²) in [5, 5.41) is 25.4. The number of carbonyl (C=O) groups excluding carboxylic acids is 2. The highest BCUT2D eigenvalue weighted by atomic mass is 16.6. The first-order valence-corrected chi connectivity index (χ1v) is 8.92. The molecule has 0 heterocycles. The van der Waals surface area contributed by atoms with Crippen molar-refractivity contribution in [2.45, 2.75) is 26.8 Å². The van der Waals surface area contributed by atoms with Crippen LogP contribution in [0.2, 0.25) is 0 Å². The van der Waals surface area contributed by atoms with Gasteiger partial charge < -0.3 is 15.7 Å². The van der Waals surface area contributed by atoms with Gasteiger partial charge in [0.05, 0.1) is 10.5 Å². The van der Waals surface area contributed by atoms with E-state index in [9.17, 15) is 24.5 Å². The zero-order valence-electron chi connectivity index (χ0n) is 16.0. The van der Waals surface area contributed by atoms with Crippen LogP contribution in [0, 0.1) is 16.0 Å². The lowest BCUT2D eigenvalue weighted by Gasteiger charge is -2.11. The van der Waals surface area contributed by atoms with Gasteiger partial charge in [-0.15, -0.1) is 0 Å². The number of rotatable bonds is 8. The molecule has 2 rings (SSSR count). The number of anilines is 1. The Morgan fingerprint density at radius 1 is 1.14 bits per heavy atom. The number of hydrogen-bond acceptors (Lipinski definition) is 5. The number of carboxylic acid groups (broad SMARTS) is 1. The van der Waals surface area contributed by atoms with Gasteiger partial charge in [-0.2, -0.15) is 0 Å². The number of nitro benzene ring substituents is 1. The fourth-order valence-electron chi connectivity index (χ4n) is 2.47. The normalized spacial score (nSPS) is 11.4. The van der Waals surface area contributed by atoms with Crippen molar-refractivity contribution in [2.75, 3.05) is 5.32 Å². The molecule has 0 aliphatic rings. The molecule has 2 amide bonds. The quantitative estimate of drug-likeness (QED) is 0.460. The first-order chi connectivity index (χ1) is 13.7. The highest BCUT2D eigenvalue weighted by Crippen LogP contribution is 2.18. The van der Waals surface area contributed by atoms with E-state index in [0.717, 1.165) is 18.2 Å². The first-order valence-electron chi connectivity index (χ1n) is 8.92. The Kier molecular flexibility index (Phi) is 7.02. The lowest BCUT2D eigenvalue weighted by molar-refractivity contribution is -0.384. The Morgan fingerprint density at radius 3 is 2.45 bits per heavy atom. The van der Waals surface area contributed by atoms with E-state index in [0.29, 0.717) is 17.7 Å². The molecule has 1 atom stereocenters. The van der Waals surface area contributed by atoms with Gasteiger partial charge in [0.25, 0.3) is 11.6 Å². The summed E-state index contributed by atoms with van der Waals surface area (Å²) in [5.74, 6) is -2.25. The van der Waals surface area contributed by atoms with Crippen LogP contribution in [0.1, 0.15) is 46.5 Å². The van der Waals surface area contributed by atoms with Gasteiger partial charge in [-0.05, 0) is 30.2 Å². The zero-order chi connectivity index (χ0) is 21.6. The first kappa shape index (κ1) is 21.5. The largest absolute Gasteiger partial charge is 0.478 e. The number of nitrogens with zero attached hydrogens (tertiary/aromatic N) is 1. The summed E-state index contributed by atoms with van der Waals surface area (Å²) in [7, 11) is 0. The Bertz CT molecular complexity index is 925. The fraction of sp³-hybridized carbons (Fsp3) is 0.250. The van der Waals surface area contributed by atoms with Crippen LogP contribution >= 0.6 is 0 Å². The number of carbonyl (C=O) groups is 3. The lowest BCUT2D eigenvalue weighted by atomic mass is 10.1. The van der Waals surface area contributed by atoms with Crippen molar-refractivity contribution in [2.24, 2.45) is 5.92 Å². The number of nitro groups is 1. The van der Waals surface area contributed by atoms with Crippen molar-refractivity contribution in [1.82, 2.24) is 5.32 Å². The summed E-state index contributed by atoms with van der Waals surface area (Å²) in [6.45, 7) is 3.83. The molecule has 0 fully saturated rings. The minimum atomic E-state index is -1.37. The van der Waals surface area contributed by atoms with Gasteiger partial charge in [0.1, 0.15) is 0 Å². The van der Waals surface area contributed by atoms with Crippen molar-refractivity contribution in [3.05, 3.63) is 69.3 Å². The van der Waals surface area contributed by atoms with Crippen LogP contribution in [0.25, 0.3) is 0 Å². The Morgan fingerprint density at radius 2 is 1.83 bits per heavy atom. The van der Waals surface area contributed by atoms with Gasteiger partial charge in [-0.1, -0.05) is 26.0 Å². The van der Waals surface area contributed by atoms with E-state index in [2.05, 4.69) is 10.6 Å². The molecule has 9 nitrogen and oxygen atoms in total. The Hall–Kier alpha value is -3.75. The number of carboxylic acids is 1. The van der Waals surface area contributed by atoms with E-state index in [1.165, 1.54) is 0 Å². The Balaban J connectivity index is 2.11. The van der Waals surface area contributed by atoms with E-state index >= 15 is 0 Å². The number of hydrogen-bond donors (Lipinski definition) is 3. The van der Waals surface area contributed by atoms with Crippen LogP contribution in [-0.4, -0.2) is 27.8 Å². The molecule has 0 saturated heterocycles. The number of nitrogens with one attached hydrogen (secondary N) is 2. The third kappa shape index (κ3) is 5.86. The number of non-ortho nitro benzene ring substituents is 1. The van der Waals surface area contributed by atoms with Crippen molar-refractivity contribution < 1.29 is 24.4 Å². The smallest absolute Gasteiger partial charge is 0.335 e. The minimum Gasteiger partial charge on any atom is -0.478 e. The molecule has 2 aromatic carbocycles. The maximum atomic E-state index is 12.4. The molecular formula is C20H21N3O6. The lowest BCUT2D eigenvalue weighted by Crippen LogP contribution is -2.23. The fourth-order valence-corrected chi connectivity index (χ4v) is 2.47. The maximum Gasteiger partial charge on any atom is 0.335 e. The van der Waals surface area contributed by atoms with Crippen molar-refractivity contribution in [3.8, 4) is 0 Å². The molecule has 1 unspecified atom stereocenters. The van der Waals surface area contributed by atoms with Crippen molar-refractivity contribution >= 4 is 29.2 Å². The molecule has 2 aromatic rings. The minimum absolute atomic E-state index is 0.0942. The summed E-state index contributed by atoms with van der Waals surface area (Å²) < 4.78 is 0. The van der Waals surface area contributed by atoms with Crippen LogP contribution < -0.4 is 10.6 Å². The second kappa shape index (κ2) is 9.45. The van der Waals surface area contributed by atoms with Gasteiger partial charge in [0.2, 0.25) is 5.91 Å². The van der Waals surface area contributed by atoms with Gasteiger partial charge in [-0.3, -0.25) is 19.7 Å². The van der Waals surface area contributed by atoms with E-state index in [1.54, 1.807) is 24.3 Å². The molecule has 0 bridgehead atoms. The third-order valence-electron chi connectivity index (χ3n) is 4.35. The second-order valence-corrected chi connectivity index (χ2v) is 6.51. The molecule has 152 valence electrons. The molecule has 0 aliphatic carbocycles. The summed E-state index contributed by atoms with van der Waals surface area (Å²) in [5.41, 5.74) is 0.330. The van der Waals surface area contributed by atoms with Crippen LogP contribution in [0.5, 0.6) is 0 Å². The Labute approximate surface area is 166 Å². The van der Waals surface area contributed by atoms with Gasteiger partial charge in [0, 0.05) is 35.8 Å². The molecule has 0 radical (unpaired) electrons. The highest BCUT2D eigenvalue weighted by molar-refractivity contribution is 5.98. The summed E-state index contributed by atoms with van der Waals surface area (Å²) in [6.07, 6.45) is 0.711. The van der Waals surface area contributed by atoms with Crippen molar-refractivity contribution in [3.63, 3.8) is 0 Å². The van der Waals surface area contributed by atoms with Crippen LogP contribution in [0.4, 0.5) is 11.4 Å². The van der Waals surface area contributed by atoms with Gasteiger partial charge in [-0.25, -0.2) is 4.79 Å². The average Bonchev–Trinajstić information content (AvgIpc) is 2.71.